The van der Waals surface area contributed by atoms with Crippen molar-refractivity contribution in [3.63, 3.8) is 0 Å². The van der Waals surface area contributed by atoms with Crippen molar-refractivity contribution in [1.29, 1.82) is 0 Å². The molecule has 0 radical (unpaired) electrons. The number of hydrogen-bond donors (Lipinski definition) is 2. The molecular formula is C17H25NO2S. The summed E-state index contributed by atoms with van der Waals surface area (Å²) in [6.45, 7) is 4.33. The van der Waals surface area contributed by atoms with Gasteiger partial charge in [-0.2, -0.15) is 11.8 Å². The van der Waals surface area contributed by atoms with E-state index in [1.165, 1.54) is 5.56 Å². The van der Waals surface area contributed by atoms with E-state index in [2.05, 4.69) is 19.2 Å². The van der Waals surface area contributed by atoms with E-state index in [0.717, 1.165) is 30.8 Å². The quantitative estimate of drug-likeness (QED) is 0.848. The normalized spacial score (nSPS) is 25.0. The predicted molar refractivity (Wildman–Crippen MR) is 88.6 cm³/mol. The van der Waals surface area contributed by atoms with Crippen molar-refractivity contribution in [2.24, 2.45) is 5.41 Å². The lowest BCUT2D eigenvalue weighted by atomic mass is 9.85. The maximum absolute atomic E-state index is 12.3. The summed E-state index contributed by atoms with van der Waals surface area (Å²) in [5.41, 5.74) is 1.78. The van der Waals surface area contributed by atoms with Crippen LogP contribution in [-0.2, 0) is 5.75 Å². The molecule has 2 N–H and O–H groups in total. The number of nitrogens with one attached hydrogen (secondary N) is 1. The highest BCUT2D eigenvalue weighted by molar-refractivity contribution is 7.98. The summed E-state index contributed by atoms with van der Waals surface area (Å²) in [4.78, 5) is 12.3. The molecule has 0 bridgehead atoms. The van der Waals surface area contributed by atoms with Gasteiger partial charge in [-0.15, -0.1) is 0 Å². The van der Waals surface area contributed by atoms with Gasteiger partial charge in [0.15, 0.2) is 0 Å². The van der Waals surface area contributed by atoms with Crippen molar-refractivity contribution < 1.29 is 9.90 Å². The van der Waals surface area contributed by atoms with E-state index < -0.39 is 0 Å². The van der Waals surface area contributed by atoms with Crippen LogP contribution in [0.3, 0.4) is 0 Å². The zero-order valence-electron chi connectivity index (χ0n) is 12.9. The van der Waals surface area contributed by atoms with E-state index in [4.69, 9.17) is 0 Å². The number of rotatable bonds is 6. The van der Waals surface area contributed by atoms with Crippen molar-refractivity contribution in [3.8, 4) is 0 Å². The topological polar surface area (TPSA) is 49.3 Å². The minimum absolute atomic E-state index is 0.0312. The van der Waals surface area contributed by atoms with E-state index in [1.807, 2.05) is 36.0 Å². The van der Waals surface area contributed by atoms with Gasteiger partial charge < -0.3 is 10.4 Å². The molecule has 0 spiro atoms. The Bertz CT molecular complexity index is 474. The fourth-order valence-corrected chi connectivity index (χ4v) is 3.51. The first-order valence-electron chi connectivity index (χ1n) is 7.67. The van der Waals surface area contributed by atoms with Crippen LogP contribution in [0.1, 0.15) is 49.0 Å². The minimum atomic E-state index is -0.173. The van der Waals surface area contributed by atoms with Crippen molar-refractivity contribution >= 4 is 17.7 Å². The molecule has 0 heterocycles. The molecule has 3 nitrogen and oxygen atoms in total. The van der Waals surface area contributed by atoms with Crippen LogP contribution in [-0.4, -0.2) is 29.4 Å². The average molecular weight is 307 g/mol. The predicted octanol–water partition coefficient (Wildman–Crippen LogP) is 3.22. The van der Waals surface area contributed by atoms with Gasteiger partial charge in [0.05, 0.1) is 6.61 Å². The first-order valence-corrected chi connectivity index (χ1v) is 8.83. The van der Waals surface area contributed by atoms with E-state index in [-0.39, 0.29) is 24.0 Å². The highest BCUT2D eigenvalue weighted by Gasteiger charge is 2.39. The average Bonchev–Trinajstić information content (AvgIpc) is 2.87. The molecule has 21 heavy (non-hydrogen) atoms. The van der Waals surface area contributed by atoms with Gasteiger partial charge in [0.25, 0.3) is 5.91 Å². The number of carbonyl (C=O) groups excluding carboxylic acids is 1. The molecule has 2 atom stereocenters. The number of amides is 1. The molecule has 1 fully saturated rings. The van der Waals surface area contributed by atoms with Gasteiger partial charge >= 0.3 is 0 Å². The lowest BCUT2D eigenvalue weighted by molar-refractivity contribution is 0.0830. The molecule has 1 aromatic rings. The summed E-state index contributed by atoms with van der Waals surface area (Å²) in [5, 5.41) is 12.6. The van der Waals surface area contributed by atoms with Crippen LogP contribution >= 0.6 is 11.8 Å². The van der Waals surface area contributed by atoms with Crippen molar-refractivity contribution in [2.75, 3.05) is 12.4 Å². The van der Waals surface area contributed by atoms with Crippen LogP contribution < -0.4 is 5.32 Å². The minimum Gasteiger partial charge on any atom is -0.396 e. The van der Waals surface area contributed by atoms with Crippen LogP contribution in [0.4, 0.5) is 0 Å². The second kappa shape index (κ2) is 7.32. The smallest absolute Gasteiger partial charge is 0.251 e. The molecule has 2 rings (SSSR count). The summed E-state index contributed by atoms with van der Waals surface area (Å²) in [5.74, 6) is 2.06. The van der Waals surface area contributed by atoms with E-state index in [9.17, 15) is 9.90 Å². The number of carbonyl (C=O) groups is 1. The number of aliphatic hydroxyl groups is 1. The Morgan fingerprint density at radius 3 is 2.76 bits per heavy atom. The molecule has 116 valence electrons. The summed E-state index contributed by atoms with van der Waals surface area (Å²) < 4.78 is 0. The number of benzene rings is 1. The molecule has 1 aromatic carbocycles. The third-order valence-electron chi connectivity index (χ3n) is 4.44. The number of thioether (sulfide) groups is 1. The largest absolute Gasteiger partial charge is 0.396 e. The van der Waals surface area contributed by atoms with Crippen molar-refractivity contribution in [1.82, 2.24) is 5.32 Å². The third kappa shape index (κ3) is 4.01. The molecule has 4 heteroatoms. The Balaban J connectivity index is 1.97. The van der Waals surface area contributed by atoms with E-state index >= 15 is 0 Å². The van der Waals surface area contributed by atoms with Gasteiger partial charge in [0.2, 0.25) is 0 Å². The Hall–Kier alpha value is -1.00. The Labute approximate surface area is 131 Å². The molecule has 1 aliphatic carbocycles. The van der Waals surface area contributed by atoms with E-state index in [0.29, 0.717) is 5.56 Å². The number of aliphatic hydroxyl groups excluding tert-OH is 1. The van der Waals surface area contributed by atoms with Crippen LogP contribution in [0.25, 0.3) is 0 Å². The first-order chi connectivity index (χ1) is 10.1. The van der Waals surface area contributed by atoms with Gasteiger partial charge in [-0.3, -0.25) is 4.79 Å². The Kier molecular flexibility index (Phi) is 5.71. The second-order valence-electron chi connectivity index (χ2n) is 6.06. The van der Waals surface area contributed by atoms with Crippen LogP contribution in [0.2, 0.25) is 0 Å². The van der Waals surface area contributed by atoms with E-state index in [1.54, 1.807) is 0 Å². The lowest BCUT2D eigenvalue weighted by Gasteiger charge is -2.30. The molecule has 1 amide bonds. The molecule has 0 aliphatic heterocycles. The Morgan fingerprint density at radius 1 is 1.43 bits per heavy atom. The fraction of sp³-hybridized carbons (Fsp3) is 0.588. The monoisotopic (exact) mass is 307 g/mol. The lowest BCUT2D eigenvalue weighted by Crippen LogP contribution is -2.44. The van der Waals surface area contributed by atoms with Gasteiger partial charge in [-0.1, -0.05) is 32.4 Å². The van der Waals surface area contributed by atoms with Crippen LogP contribution in [0.5, 0.6) is 0 Å². The molecule has 0 saturated heterocycles. The second-order valence-corrected chi connectivity index (χ2v) is 7.34. The standard InChI is InChI=1S/C17H25NO2S/c1-3-21-11-13-6-8-14(9-7-13)16(20)18-15-5-4-10-17(15,2)12-19/h6-9,15,19H,3-5,10-12H2,1-2H3,(H,18,20). The zero-order chi connectivity index (χ0) is 15.3. The summed E-state index contributed by atoms with van der Waals surface area (Å²) in [7, 11) is 0. The van der Waals surface area contributed by atoms with Crippen LogP contribution in [0.15, 0.2) is 24.3 Å². The van der Waals surface area contributed by atoms with Crippen LogP contribution in [0, 0.1) is 5.41 Å². The molecule has 0 aromatic heterocycles. The summed E-state index contributed by atoms with van der Waals surface area (Å²) >= 11 is 1.88. The number of hydrogen-bond acceptors (Lipinski definition) is 3. The van der Waals surface area contributed by atoms with Crippen molar-refractivity contribution in [2.45, 2.75) is 44.9 Å². The third-order valence-corrected chi connectivity index (χ3v) is 5.38. The van der Waals surface area contributed by atoms with Gasteiger partial charge in [-0.05, 0) is 36.3 Å². The summed E-state index contributed by atoms with van der Waals surface area (Å²) in [6, 6.07) is 7.91. The fourth-order valence-electron chi connectivity index (χ4n) is 2.88. The van der Waals surface area contributed by atoms with Gasteiger partial charge in [0, 0.05) is 22.8 Å². The van der Waals surface area contributed by atoms with Gasteiger partial charge in [-0.25, -0.2) is 0 Å². The highest BCUT2D eigenvalue weighted by atomic mass is 32.2. The first kappa shape index (κ1) is 16.4. The maximum Gasteiger partial charge on any atom is 0.251 e. The van der Waals surface area contributed by atoms with Crippen molar-refractivity contribution in [3.05, 3.63) is 35.4 Å². The molecule has 1 saturated carbocycles. The van der Waals surface area contributed by atoms with Gasteiger partial charge in [0.1, 0.15) is 0 Å². The SMILES string of the molecule is CCSCc1ccc(C(=O)NC2CCCC2(C)CO)cc1. The maximum atomic E-state index is 12.3. The summed E-state index contributed by atoms with van der Waals surface area (Å²) in [6.07, 6.45) is 2.99. The molecular weight excluding hydrogens is 282 g/mol. The molecule has 2 unspecified atom stereocenters. The highest BCUT2D eigenvalue weighted by Crippen LogP contribution is 2.37. The molecule has 1 aliphatic rings. The zero-order valence-corrected chi connectivity index (χ0v) is 13.7. The Morgan fingerprint density at radius 2 is 2.14 bits per heavy atom.